The maximum Gasteiger partial charge on any atom is 0.311 e. The van der Waals surface area contributed by atoms with Crippen LogP contribution in [0.15, 0.2) is 36.4 Å². The van der Waals surface area contributed by atoms with E-state index in [0.717, 1.165) is 12.0 Å². The molecule has 1 aromatic carbocycles. The van der Waals surface area contributed by atoms with Crippen molar-refractivity contribution in [1.82, 2.24) is 4.98 Å². The standard InChI is InChI=1S/C14H14ClN3O2/c1-2-10-5-3-4-6-11(10)9-16-14-12(18(19)20)7-8-13(15)17-14/h3-8H,2,9H2,1H3,(H,16,17). The summed E-state index contributed by atoms with van der Waals surface area (Å²) in [6, 6.07) is 10.7. The van der Waals surface area contributed by atoms with Crippen LogP contribution in [0.25, 0.3) is 0 Å². The molecule has 0 spiro atoms. The predicted octanol–water partition coefficient (Wildman–Crippen LogP) is 3.82. The van der Waals surface area contributed by atoms with Gasteiger partial charge in [0.25, 0.3) is 0 Å². The van der Waals surface area contributed by atoms with Crippen molar-refractivity contribution in [2.24, 2.45) is 0 Å². The monoisotopic (exact) mass is 291 g/mol. The number of aryl methyl sites for hydroxylation is 1. The molecule has 0 aliphatic carbocycles. The third-order valence-corrected chi connectivity index (χ3v) is 3.19. The summed E-state index contributed by atoms with van der Waals surface area (Å²) in [7, 11) is 0. The number of anilines is 1. The number of nitro groups is 1. The number of benzene rings is 1. The van der Waals surface area contributed by atoms with Crippen molar-refractivity contribution in [3.05, 3.63) is 62.8 Å². The van der Waals surface area contributed by atoms with Gasteiger partial charge in [0.05, 0.1) is 4.92 Å². The van der Waals surface area contributed by atoms with Crippen molar-refractivity contribution in [2.45, 2.75) is 19.9 Å². The molecule has 1 aromatic heterocycles. The zero-order chi connectivity index (χ0) is 14.5. The molecule has 0 amide bonds. The van der Waals surface area contributed by atoms with Gasteiger partial charge in [-0.15, -0.1) is 0 Å². The summed E-state index contributed by atoms with van der Waals surface area (Å²) in [6.07, 6.45) is 0.906. The molecule has 0 unspecified atom stereocenters. The summed E-state index contributed by atoms with van der Waals surface area (Å²) in [4.78, 5) is 14.5. The van der Waals surface area contributed by atoms with Crippen molar-refractivity contribution < 1.29 is 4.92 Å². The number of hydrogen-bond acceptors (Lipinski definition) is 4. The highest BCUT2D eigenvalue weighted by Gasteiger charge is 2.15. The van der Waals surface area contributed by atoms with E-state index in [1.54, 1.807) is 0 Å². The summed E-state index contributed by atoms with van der Waals surface area (Å²) in [5, 5.41) is 14.2. The van der Waals surface area contributed by atoms with E-state index in [-0.39, 0.29) is 16.7 Å². The van der Waals surface area contributed by atoms with Crippen LogP contribution in [0.3, 0.4) is 0 Å². The first kappa shape index (κ1) is 14.3. The van der Waals surface area contributed by atoms with Crippen LogP contribution in [-0.2, 0) is 13.0 Å². The lowest BCUT2D eigenvalue weighted by Crippen LogP contribution is -2.06. The molecule has 0 aliphatic heterocycles. The van der Waals surface area contributed by atoms with Gasteiger partial charge in [-0.1, -0.05) is 42.8 Å². The van der Waals surface area contributed by atoms with Gasteiger partial charge >= 0.3 is 5.69 Å². The number of aromatic nitrogens is 1. The molecule has 2 rings (SSSR count). The highest BCUT2D eigenvalue weighted by molar-refractivity contribution is 6.29. The third-order valence-electron chi connectivity index (χ3n) is 2.98. The fourth-order valence-electron chi connectivity index (χ4n) is 1.96. The van der Waals surface area contributed by atoms with E-state index in [4.69, 9.17) is 11.6 Å². The van der Waals surface area contributed by atoms with E-state index >= 15 is 0 Å². The number of nitrogens with one attached hydrogen (secondary N) is 1. The van der Waals surface area contributed by atoms with Crippen LogP contribution >= 0.6 is 11.6 Å². The Morgan fingerprint density at radius 2 is 1.95 bits per heavy atom. The molecule has 0 bridgehead atoms. The zero-order valence-corrected chi connectivity index (χ0v) is 11.7. The summed E-state index contributed by atoms with van der Waals surface area (Å²) in [5.74, 6) is 0.188. The average Bonchev–Trinajstić information content (AvgIpc) is 2.45. The molecule has 5 nitrogen and oxygen atoms in total. The Kier molecular flexibility index (Phi) is 4.53. The van der Waals surface area contributed by atoms with Gasteiger partial charge in [-0.05, 0) is 23.6 Å². The first-order valence-electron chi connectivity index (χ1n) is 6.23. The Hall–Kier alpha value is -2.14. The van der Waals surface area contributed by atoms with E-state index in [0.29, 0.717) is 6.54 Å². The molecule has 0 atom stereocenters. The van der Waals surface area contributed by atoms with Crippen molar-refractivity contribution in [1.29, 1.82) is 0 Å². The van der Waals surface area contributed by atoms with E-state index in [1.165, 1.54) is 17.7 Å². The Bertz CT molecular complexity index is 632. The summed E-state index contributed by atoms with van der Waals surface area (Å²) in [6.45, 7) is 2.54. The van der Waals surface area contributed by atoms with Gasteiger partial charge in [-0.25, -0.2) is 4.98 Å². The highest BCUT2D eigenvalue weighted by atomic mass is 35.5. The minimum absolute atomic E-state index is 0.0802. The minimum atomic E-state index is -0.475. The van der Waals surface area contributed by atoms with Crippen LogP contribution in [-0.4, -0.2) is 9.91 Å². The smallest absolute Gasteiger partial charge is 0.311 e. The SMILES string of the molecule is CCc1ccccc1CNc1nc(Cl)ccc1[N+](=O)[O-]. The number of hydrogen-bond donors (Lipinski definition) is 1. The molecule has 20 heavy (non-hydrogen) atoms. The van der Waals surface area contributed by atoms with Gasteiger partial charge in [0.1, 0.15) is 5.15 Å². The van der Waals surface area contributed by atoms with Gasteiger partial charge in [-0.2, -0.15) is 0 Å². The lowest BCUT2D eigenvalue weighted by atomic mass is 10.1. The van der Waals surface area contributed by atoms with Crippen LogP contribution in [0, 0.1) is 10.1 Å². The van der Waals surface area contributed by atoms with E-state index in [1.807, 2.05) is 24.3 Å². The van der Waals surface area contributed by atoms with Gasteiger partial charge < -0.3 is 5.32 Å². The predicted molar refractivity (Wildman–Crippen MR) is 79.0 cm³/mol. The molecule has 0 radical (unpaired) electrons. The Morgan fingerprint density at radius 3 is 2.60 bits per heavy atom. The maximum absolute atomic E-state index is 10.9. The quantitative estimate of drug-likeness (QED) is 0.516. The second-order valence-corrected chi connectivity index (χ2v) is 4.62. The van der Waals surface area contributed by atoms with Crippen molar-refractivity contribution in [3.63, 3.8) is 0 Å². The fourth-order valence-corrected chi connectivity index (χ4v) is 2.11. The van der Waals surface area contributed by atoms with Gasteiger partial charge in [0.2, 0.25) is 5.82 Å². The fraction of sp³-hybridized carbons (Fsp3) is 0.214. The molecule has 0 aliphatic rings. The number of halogens is 1. The lowest BCUT2D eigenvalue weighted by Gasteiger charge is -2.10. The molecule has 0 saturated carbocycles. The summed E-state index contributed by atoms with van der Waals surface area (Å²) in [5.41, 5.74) is 2.21. The maximum atomic E-state index is 10.9. The minimum Gasteiger partial charge on any atom is -0.360 e. The van der Waals surface area contributed by atoms with Gasteiger partial charge in [0, 0.05) is 12.6 Å². The molecule has 1 heterocycles. The Morgan fingerprint density at radius 1 is 1.25 bits per heavy atom. The number of rotatable bonds is 5. The second kappa shape index (κ2) is 6.34. The van der Waals surface area contributed by atoms with E-state index in [9.17, 15) is 10.1 Å². The Balaban J connectivity index is 2.22. The Labute approximate surface area is 121 Å². The lowest BCUT2D eigenvalue weighted by molar-refractivity contribution is -0.384. The van der Waals surface area contributed by atoms with Crippen LogP contribution in [0.2, 0.25) is 5.15 Å². The summed E-state index contributed by atoms with van der Waals surface area (Å²) < 4.78 is 0. The molecular formula is C14H14ClN3O2. The normalized spacial score (nSPS) is 10.3. The van der Waals surface area contributed by atoms with Gasteiger partial charge in [0.15, 0.2) is 0 Å². The van der Waals surface area contributed by atoms with Gasteiger partial charge in [-0.3, -0.25) is 10.1 Å². The third kappa shape index (κ3) is 3.24. The number of nitrogens with zero attached hydrogens (tertiary/aromatic N) is 2. The van der Waals surface area contributed by atoms with Crippen LogP contribution in [0.4, 0.5) is 11.5 Å². The largest absolute Gasteiger partial charge is 0.360 e. The average molecular weight is 292 g/mol. The molecule has 1 N–H and O–H groups in total. The first-order chi connectivity index (χ1) is 9.61. The molecule has 6 heteroatoms. The molecule has 104 valence electrons. The molecule has 0 fully saturated rings. The molecule has 0 saturated heterocycles. The van der Waals surface area contributed by atoms with Crippen LogP contribution in [0.1, 0.15) is 18.1 Å². The van der Waals surface area contributed by atoms with Crippen molar-refractivity contribution >= 4 is 23.1 Å². The van der Waals surface area contributed by atoms with Crippen molar-refractivity contribution in [2.75, 3.05) is 5.32 Å². The van der Waals surface area contributed by atoms with Crippen molar-refractivity contribution in [3.8, 4) is 0 Å². The van der Waals surface area contributed by atoms with E-state index in [2.05, 4.69) is 17.2 Å². The highest BCUT2D eigenvalue weighted by Crippen LogP contribution is 2.24. The van der Waals surface area contributed by atoms with E-state index < -0.39 is 4.92 Å². The molecule has 2 aromatic rings. The van der Waals surface area contributed by atoms with Crippen LogP contribution < -0.4 is 5.32 Å². The first-order valence-corrected chi connectivity index (χ1v) is 6.61. The second-order valence-electron chi connectivity index (χ2n) is 4.23. The zero-order valence-electron chi connectivity index (χ0n) is 11.0. The topological polar surface area (TPSA) is 68.1 Å². The molecular weight excluding hydrogens is 278 g/mol. The van der Waals surface area contributed by atoms with Crippen LogP contribution in [0.5, 0.6) is 0 Å². The number of pyridine rings is 1. The summed E-state index contributed by atoms with van der Waals surface area (Å²) >= 11 is 5.79.